The van der Waals surface area contributed by atoms with Crippen molar-refractivity contribution in [1.82, 2.24) is 4.90 Å². The number of benzene rings is 1. The molecule has 182 valence electrons. The van der Waals surface area contributed by atoms with E-state index >= 15 is 0 Å². The number of hydrogen-bond donors (Lipinski definition) is 0. The van der Waals surface area contributed by atoms with Gasteiger partial charge in [-0.2, -0.15) is 5.26 Å². The lowest BCUT2D eigenvalue weighted by molar-refractivity contribution is -0.0219. The molecule has 2 heterocycles. The summed E-state index contributed by atoms with van der Waals surface area (Å²) in [6.07, 6.45) is 0.568. The van der Waals surface area contributed by atoms with Crippen LogP contribution in [0.25, 0.3) is 0 Å². The quantitative estimate of drug-likeness (QED) is 0.424. The lowest BCUT2D eigenvalue weighted by atomic mass is 9.96. The number of fused-ring (bicyclic) bond motifs is 2. The minimum Gasteiger partial charge on any atom is -0.474 e. The Morgan fingerprint density at radius 2 is 2.15 bits per heavy atom. The Bertz CT molecular complexity index is 1030. The number of rotatable bonds is 5. The number of nitrogens with zero attached hydrogens (tertiary/aromatic N) is 4. The lowest BCUT2D eigenvalue weighted by Crippen LogP contribution is -2.53. The van der Waals surface area contributed by atoms with Crippen LogP contribution in [0.15, 0.2) is 41.0 Å². The average Bonchev–Trinajstić information content (AvgIpc) is 2.99. The van der Waals surface area contributed by atoms with Crippen molar-refractivity contribution < 1.29 is 19.0 Å². The average molecular weight is 487 g/mol. The summed E-state index contributed by atoms with van der Waals surface area (Å²) in [6.45, 7) is 14.4. The summed E-state index contributed by atoms with van der Waals surface area (Å²) in [5.41, 5.74) is 1.22. The molecule has 2 saturated heterocycles. The third kappa shape index (κ3) is 6.16. The first-order valence-electron chi connectivity index (χ1n) is 11.2. The van der Waals surface area contributed by atoms with Crippen molar-refractivity contribution in [3.05, 3.63) is 41.6 Å². The van der Waals surface area contributed by atoms with Gasteiger partial charge in [0.2, 0.25) is 0 Å². The van der Waals surface area contributed by atoms with Crippen LogP contribution in [0.5, 0.6) is 0 Å². The number of aliphatic imine (C=N–C) groups is 2. The molecule has 8 nitrogen and oxygen atoms in total. The predicted octanol–water partition coefficient (Wildman–Crippen LogP) is 5.13. The van der Waals surface area contributed by atoms with Crippen molar-refractivity contribution in [2.75, 3.05) is 19.7 Å². The molecule has 2 fully saturated rings. The molecule has 0 aromatic heterocycles. The fourth-order valence-corrected chi connectivity index (χ4v) is 4.11. The predicted molar refractivity (Wildman–Crippen MR) is 132 cm³/mol. The minimum absolute atomic E-state index is 0.00120. The third-order valence-electron chi connectivity index (χ3n) is 5.71. The van der Waals surface area contributed by atoms with E-state index in [1.807, 2.05) is 34.6 Å². The van der Waals surface area contributed by atoms with Crippen LogP contribution in [0.2, 0.25) is 5.02 Å². The zero-order valence-corrected chi connectivity index (χ0v) is 21.0. The molecular weight excluding hydrogens is 456 g/mol. The van der Waals surface area contributed by atoms with Crippen LogP contribution in [-0.2, 0) is 14.2 Å². The molecular formula is C25H31ClN4O4. The molecule has 2 aliphatic heterocycles. The van der Waals surface area contributed by atoms with Crippen LogP contribution in [0.3, 0.4) is 0 Å². The van der Waals surface area contributed by atoms with Gasteiger partial charge in [0, 0.05) is 24.4 Å². The molecule has 0 spiro atoms. The first-order chi connectivity index (χ1) is 16.0. The molecule has 2 aliphatic rings. The van der Waals surface area contributed by atoms with Crippen LogP contribution in [0, 0.1) is 23.2 Å². The van der Waals surface area contributed by atoms with Crippen LogP contribution < -0.4 is 0 Å². The van der Waals surface area contributed by atoms with Crippen LogP contribution in [-0.4, -0.2) is 60.1 Å². The first-order valence-corrected chi connectivity index (χ1v) is 11.6. The highest BCUT2D eigenvalue weighted by Crippen LogP contribution is 2.32. The molecule has 0 aliphatic carbocycles. The molecule has 1 amide bonds. The molecule has 34 heavy (non-hydrogen) atoms. The van der Waals surface area contributed by atoms with Gasteiger partial charge in [-0.25, -0.2) is 9.79 Å². The molecule has 1 aromatic carbocycles. The van der Waals surface area contributed by atoms with Crippen molar-refractivity contribution >= 4 is 35.0 Å². The van der Waals surface area contributed by atoms with E-state index in [9.17, 15) is 4.79 Å². The zero-order valence-electron chi connectivity index (χ0n) is 20.2. The lowest BCUT2D eigenvalue weighted by Gasteiger charge is -2.37. The van der Waals surface area contributed by atoms with Gasteiger partial charge < -0.3 is 19.1 Å². The minimum atomic E-state index is -0.557. The largest absolute Gasteiger partial charge is 0.474 e. The molecule has 0 saturated carbocycles. The molecule has 9 heteroatoms. The van der Waals surface area contributed by atoms with Gasteiger partial charge in [-0.3, -0.25) is 4.99 Å². The molecule has 2 bridgehead atoms. The van der Waals surface area contributed by atoms with E-state index in [2.05, 4.69) is 22.6 Å². The van der Waals surface area contributed by atoms with E-state index in [0.717, 1.165) is 5.71 Å². The second kappa shape index (κ2) is 10.6. The molecule has 4 unspecified atom stereocenters. The standard InChI is InChI=1S/C25H31ClN4O4/c1-7-28-23(15(2)16(3)29-20-9-8-17(11-27)10-19(20)26)33-22-18-12-30(13-21(22)32-14-18)24(31)34-25(4,5)6/h7-10,15,18,21-22H,1,12-14H2,2-6H3. The monoisotopic (exact) mass is 486 g/mol. The number of carbonyl (C=O) groups excluding carboxylic acids is 1. The van der Waals surface area contributed by atoms with Crippen molar-refractivity contribution in [3.8, 4) is 6.07 Å². The number of likely N-dealkylation sites (tertiary alicyclic amines) is 1. The Balaban J connectivity index is 1.72. The van der Waals surface area contributed by atoms with Crippen LogP contribution in [0.1, 0.15) is 40.2 Å². The number of hydrogen-bond acceptors (Lipinski definition) is 7. The fourth-order valence-electron chi connectivity index (χ4n) is 3.88. The normalized spacial score (nSPS) is 23.8. The van der Waals surface area contributed by atoms with Crippen LogP contribution >= 0.6 is 11.6 Å². The third-order valence-corrected chi connectivity index (χ3v) is 6.01. The van der Waals surface area contributed by atoms with E-state index < -0.39 is 5.60 Å². The summed E-state index contributed by atoms with van der Waals surface area (Å²) in [4.78, 5) is 23.2. The van der Waals surface area contributed by atoms with Gasteiger partial charge in [0.05, 0.1) is 41.4 Å². The Labute approximate surface area is 205 Å². The van der Waals surface area contributed by atoms with Gasteiger partial charge in [-0.15, -0.1) is 0 Å². The number of nitriles is 1. The summed E-state index contributed by atoms with van der Waals surface area (Å²) < 4.78 is 17.8. The highest BCUT2D eigenvalue weighted by molar-refractivity contribution is 6.33. The highest BCUT2D eigenvalue weighted by atomic mass is 35.5. The molecule has 3 rings (SSSR count). The summed E-state index contributed by atoms with van der Waals surface area (Å²) in [7, 11) is 0. The molecule has 1 aromatic rings. The number of ether oxygens (including phenoxy) is 3. The zero-order chi connectivity index (χ0) is 25.0. The van der Waals surface area contributed by atoms with E-state index in [0.29, 0.717) is 41.9 Å². The second-order valence-electron chi connectivity index (χ2n) is 9.50. The summed E-state index contributed by atoms with van der Waals surface area (Å²) in [5.74, 6) is 0.212. The molecule has 0 N–H and O–H groups in total. The van der Waals surface area contributed by atoms with Gasteiger partial charge in [0.1, 0.15) is 17.8 Å². The van der Waals surface area contributed by atoms with Gasteiger partial charge in [0.25, 0.3) is 0 Å². The maximum Gasteiger partial charge on any atom is 0.410 e. The fraction of sp³-hybridized carbons (Fsp3) is 0.520. The number of amides is 1. The van der Waals surface area contributed by atoms with Crippen LogP contribution in [0.4, 0.5) is 10.5 Å². The summed E-state index contributed by atoms with van der Waals surface area (Å²) >= 11 is 6.28. The Morgan fingerprint density at radius 1 is 1.41 bits per heavy atom. The SMILES string of the molecule is C=CN=C(OC1C2COC1CN(C(=O)OC(C)(C)C)C2)C(C)C(C)=Nc1ccc(C#N)cc1Cl. The van der Waals surface area contributed by atoms with E-state index in [1.54, 1.807) is 23.1 Å². The maximum absolute atomic E-state index is 12.5. The number of halogens is 1. The molecule has 0 radical (unpaired) electrons. The van der Waals surface area contributed by atoms with E-state index in [4.69, 9.17) is 31.1 Å². The Morgan fingerprint density at radius 3 is 2.74 bits per heavy atom. The molecule has 4 atom stereocenters. The maximum atomic E-state index is 12.5. The summed E-state index contributed by atoms with van der Waals surface area (Å²) in [6, 6.07) is 7.03. The van der Waals surface area contributed by atoms with Gasteiger partial charge in [0.15, 0.2) is 5.90 Å². The van der Waals surface area contributed by atoms with Crippen molar-refractivity contribution in [1.29, 1.82) is 5.26 Å². The summed E-state index contributed by atoms with van der Waals surface area (Å²) in [5, 5.41) is 9.43. The topological polar surface area (TPSA) is 96.5 Å². The highest BCUT2D eigenvalue weighted by Gasteiger charge is 2.47. The van der Waals surface area contributed by atoms with Gasteiger partial charge in [-0.05, 0) is 52.8 Å². The van der Waals surface area contributed by atoms with E-state index in [-0.39, 0.29) is 30.1 Å². The smallest absolute Gasteiger partial charge is 0.410 e. The second-order valence-corrected chi connectivity index (χ2v) is 9.91. The number of carbonyl (C=O) groups is 1. The van der Waals surface area contributed by atoms with Crippen molar-refractivity contribution in [2.24, 2.45) is 21.8 Å². The first kappa shape index (κ1) is 25.7. The Hall–Kier alpha value is -2.89. The van der Waals surface area contributed by atoms with Crippen molar-refractivity contribution in [2.45, 2.75) is 52.4 Å². The van der Waals surface area contributed by atoms with E-state index in [1.165, 1.54) is 6.20 Å². The van der Waals surface area contributed by atoms with Gasteiger partial charge in [-0.1, -0.05) is 18.2 Å². The van der Waals surface area contributed by atoms with Gasteiger partial charge >= 0.3 is 6.09 Å². The number of piperidine rings is 1. The van der Waals surface area contributed by atoms with Crippen molar-refractivity contribution in [3.63, 3.8) is 0 Å². The Kier molecular flexibility index (Phi) is 8.01.